The number of nitrogens with zero attached hydrogens (tertiary/aromatic N) is 3. The average Bonchev–Trinajstić information content (AvgIpc) is 3.28. The number of aromatic amines is 1. The first kappa shape index (κ1) is 18.3. The quantitative estimate of drug-likeness (QED) is 0.637. The number of hydrogen-bond donors (Lipinski definition) is 1. The summed E-state index contributed by atoms with van der Waals surface area (Å²) in [5.41, 5.74) is 0.499. The van der Waals surface area contributed by atoms with Gasteiger partial charge < -0.3 is 0 Å². The fourth-order valence-corrected chi connectivity index (χ4v) is 5.76. The molecule has 3 atom stereocenters. The van der Waals surface area contributed by atoms with Crippen LogP contribution in [0.25, 0.3) is 0 Å². The van der Waals surface area contributed by atoms with E-state index in [0.29, 0.717) is 29.0 Å². The van der Waals surface area contributed by atoms with Gasteiger partial charge in [-0.25, -0.2) is 12.8 Å². The first-order valence-electron chi connectivity index (χ1n) is 8.54. The number of benzene rings is 1. The van der Waals surface area contributed by atoms with Gasteiger partial charge in [-0.1, -0.05) is 24.3 Å². The molecule has 3 aromatic rings. The van der Waals surface area contributed by atoms with E-state index in [9.17, 15) is 21.6 Å². The number of aromatic nitrogens is 3. The molecule has 29 heavy (non-hydrogen) atoms. The van der Waals surface area contributed by atoms with Crippen LogP contribution < -0.4 is 0 Å². The fourth-order valence-electron chi connectivity index (χ4n) is 4.07. The summed E-state index contributed by atoms with van der Waals surface area (Å²) in [6.45, 7) is 0. The van der Waals surface area contributed by atoms with Gasteiger partial charge in [-0.15, -0.1) is 0 Å². The van der Waals surface area contributed by atoms with Crippen molar-refractivity contribution in [1.29, 1.82) is 0 Å². The Kier molecular flexibility index (Phi) is 3.69. The van der Waals surface area contributed by atoms with Crippen LogP contribution >= 0.6 is 0 Å². The van der Waals surface area contributed by atoms with Crippen LogP contribution in [0.1, 0.15) is 46.3 Å². The number of nitrogens with one attached hydrogen (secondary N) is 1. The summed E-state index contributed by atoms with van der Waals surface area (Å²) in [5.74, 6) is 0. The van der Waals surface area contributed by atoms with Crippen LogP contribution in [0.4, 0.5) is 17.6 Å². The third-order valence-electron chi connectivity index (χ3n) is 5.29. The van der Waals surface area contributed by atoms with Crippen molar-refractivity contribution in [2.75, 3.05) is 0 Å². The Morgan fingerprint density at radius 1 is 1.00 bits per heavy atom. The Morgan fingerprint density at radius 3 is 2.38 bits per heavy atom. The third kappa shape index (κ3) is 2.47. The topological polar surface area (TPSA) is 79.0 Å². The molecule has 2 bridgehead atoms. The molecule has 0 saturated carbocycles. The monoisotopic (exact) mass is 424 g/mol. The Hall–Kier alpha value is -2.79. The van der Waals surface area contributed by atoms with Crippen LogP contribution in [0.15, 0.2) is 53.7 Å². The van der Waals surface area contributed by atoms with E-state index in [4.69, 9.17) is 0 Å². The molecule has 11 heteroatoms. The summed E-state index contributed by atoms with van der Waals surface area (Å²) in [5, 5.41) is 6.44. The van der Waals surface area contributed by atoms with E-state index in [1.165, 1.54) is 6.20 Å². The van der Waals surface area contributed by atoms with Crippen molar-refractivity contribution in [2.24, 2.45) is 0 Å². The van der Waals surface area contributed by atoms with Crippen LogP contribution in [-0.4, -0.2) is 27.9 Å². The van der Waals surface area contributed by atoms with Gasteiger partial charge in [0.05, 0.1) is 24.0 Å². The summed E-state index contributed by atoms with van der Waals surface area (Å²) in [6.07, 6.45) is -4.37. The second-order valence-corrected chi connectivity index (χ2v) is 8.67. The van der Waals surface area contributed by atoms with Crippen molar-refractivity contribution < 1.29 is 26.0 Å². The number of halogens is 4. The predicted octanol–water partition coefficient (Wildman–Crippen LogP) is 3.68. The molecule has 0 fully saturated rings. The zero-order valence-electron chi connectivity index (χ0n) is 14.4. The Labute approximate surface area is 162 Å². The normalized spacial score (nSPS) is 23.7. The summed E-state index contributed by atoms with van der Waals surface area (Å²) in [7, 11) is -4.36. The minimum absolute atomic E-state index is 0.202. The van der Waals surface area contributed by atoms with Gasteiger partial charge in [0.25, 0.3) is 0 Å². The summed E-state index contributed by atoms with van der Waals surface area (Å²) >= 11 is 0. The largest absolute Gasteiger partial charge is 0.433 e. The lowest BCUT2D eigenvalue weighted by Crippen LogP contribution is -2.39. The molecule has 2 aliphatic rings. The molecule has 2 unspecified atom stereocenters. The van der Waals surface area contributed by atoms with Crippen LogP contribution in [0.5, 0.6) is 0 Å². The molecule has 4 heterocycles. The summed E-state index contributed by atoms with van der Waals surface area (Å²) in [6, 6.07) is 6.22. The molecule has 2 aromatic heterocycles. The maximum atomic E-state index is 15.4. The molecule has 150 valence electrons. The first-order valence-corrected chi connectivity index (χ1v) is 9.98. The highest BCUT2D eigenvalue weighted by atomic mass is 32.2. The van der Waals surface area contributed by atoms with Gasteiger partial charge in [0.15, 0.2) is 6.17 Å². The average molecular weight is 424 g/mol. The molecule has 5 rings (SSSR count). The van der Waals surface area contributed by atoms with Gasteiger partial charge in [0.1, 0.15) is 10.6 Å². The maximum absolute atomic E-state index is 15.4. The zero-order chi connectivity index (χ0) is 20.6. The number of H-pyrrole nitrogens is 1. The van der Waals surface area contributed by atoms with Crippen molar-refractivity contribution in [2.45, 2.75) is 29.3 Å². The van der Waals surface area contributed by atoms with Gasteiger partial charge in [-0.3, -0.25) is 10.1 Å². The minimum atomic E-state index is -4.70. The first-order chi connectivity index (χ1) is 13.7. The van der Waals surface area contributed by atoms with Gasteiger partial charge in [0, 0.05) is 11.8 Å². The Balaban J connectivity index is 1.67. The lowest BCUT2D eigenvalue weighted by atomic mass is 9.99. The van der Waals surface area contributed by atoms with Crippen LogP contribution in [0, 0.1) is 0 Å². The van der Waals surface area contributed by atoms with Crippen LogP contribution in [-0.2, 0) is 16.2 Å². The molecular formula is C18H12F4N4O2S. The molecule has 1 N–H and O–H groups in total. The molecule has 6 nitrogen and oxygen atoms in total. The standard InChI is InChI=1S/C18H12F4N4O2S/c19-14-15-12(8-24-25-15)16-10-3-1-2-4-11(10)17(14)26(16)29(27,28)9-5-6-13(23-7-9)18(20,21)22/h1-8,14,16-17H,(H,24,25)/t14-,16?,17?/m0/s1. The summed E-state index contributed by atoms with van der Waals surface area (Å²) in [4.78, 5) is 2.80. The second kappa shape index (κ2) is 5.86. The number of rotatable bonds is 2. The van der Waals surface area contributed by atoms with E-state index >= 15 is 4.39 Å². The lowest BCUT2D eigenvalue weighted by molar-refractivity contribution is -0.141. The molecule has 2 aliphatic heterocycles. The molecule has 0 radical (unpaired) electrons. The van der Waals surface area contributed by atoms with E-state index in [2.05, 4.69) is 15.2 Å². The maximum Gasteiger partial charge on any atom is 0.433 e. The van der Waals surface area contributed by atoms with E-state index in [1.54, 1.807) is 24.3 Å². The molecule has 1 aromatic carbocycles. The lowest BCUT2D eigenvalue weighted by Gasteiger charge is -2.35. The number of alkyl halides is 4. The molecule has 0 saturated heterocycles. The zero-order valence-corrected chi connectivity index (χ0v) is 15.2. The fraction of sp³-hybridized carbons (Fsp3) is 0.222. The minimum Gasteiger partial charge on any atom is -0.279 e. The van der Waals surface area contributed by atoms with E-state index in [0.717, 1.165) is 10.4 Å². The van der Waals surface area contributed by atoms with Crippen molar-refractivity contribution in [3.8, 4) is 0 Å². The van der Waals surface area contributed by atoms with E-state index in [-0.39, 0.29) is 5.69 Å². The van der Waals surface area contributed by atoms with Crippen LogP contribution in [0.2, 0.25) is 0 Å². The van der Waals surface area contributed by atoms with Gasteiger partial charge >= 0.3 is 6.18 Å². The van der Waals surface area contributed by atoms with Crippen molar-refractivity contribution in [3.05, 3.63) is 76.9 Å². The highest BCUT2D eigenvalue weighted by Gasteiger charge is 2.55. The summed E-state index contributed by atoms with van der Waals surface area (Å²) < 4.78 is 81.4. The van der Waals surface area contributed by atoms with E-state index < -0.39 is 45.0 Å². The van der Waals surface area contributed by atoms with Gasteiger partial charge in [0.2, 0.25) is 10.0 Å². The number of fused-ring (bicyclic) bond motifs is 7. The Bertz CT molecular complexity index is 1210. The Morgan fingerprint density at radius 2 is 1.72 bits per heavy atom. The molecule has 0 aliphatic carbocycles. The smallest absolute Gasteiger partial charge is 0.279 e. The molecular weight excluding hydrogens is 412 g/mol. The number of pyridine rings is 1. The van der Waals surface area contributed by atoms with Gasteiger partial charge in [-0.2, -0.15) is 22.6 Å². The molecule has 0 spiro atoms. The van der Waals surface area contributed by atoms with Crippen molar-refractivity contribution in [1.82, 2.24) is 19.5 Å². The van der Waals surface area contributed by atoms with Crippen LogP contribution in [0.3, 0.4) is 0 Å². The molecule has 0 amide bonds. The van der Waals surface area contributed by atoms with Gasteiger partial charge in [-0.05, 0) is 23.3 Å². The predicted molar refractivity (Wildman–Crippen MR) is 91.7 cm³/mol. The van der Waals surface area contributed by atoms with E-state index in [1.807, 2.05) is 0 Å². The second-order valence-electron chi connectivity index (χ2n) is 6.83. The number of sulfonamides is 1. The number of hydrogen-bond acceptors (Lipinski definition) is 4. The van der Waals surface area contributed by atoms with Crippen molar-refractivity contribution in [3.63, 3.8) is 0 Å². The highest BCUT2D eigenvalue weighted by Crippen LogP contribution is 2.58. The highest BCUT2D eigenvalue weighted by molar-refractivity contribution is 7.89. The van der Waals surface area contributed by atoms with Crippen molar-refractivity contribution >= 4 is 10.0 Å². The third-order valence-corrected chi connectivity index (χ3v) is 7.12. The SMILES string of the molecule is O=S(=O)(c1ccc(C(F)(F)F)nc1)N1C2c3ccccc3C1[C@@H](F)c1[nH]ncc12.